The van der Waals surface area contributed by atoms with Crippen LogP contribution in [0.5, 0.6) is 0 Å². The van der Waals surface area contributed by atoms with Crippen molar-refractivity contribution < 1.29 is 19.1 Å². The van der Waals surface area contributed by atoms with Crippen LogP contribution in [0.15, 0.2) is 24.3 Å². The van der Waals surface area contributed by atoms with Crippen LogP contribution < -0.4 is 5.32 Å². The number of alkyl carbamates (subject to hydrolysis) is 1. The number of hydrogen-bond acceptors (Lipinski definition) is 4. The molecular weight excluding hydrogens is 358 g/mol. The van der Waals surface area contributed by atoms with Crippen molar-refractivity contribution in [3.8, 4) is 0 Å². The third-order valence-electron chi connectivity index (χ3n) is 4.59. The Bertz CT molecular complexity index is 712. The molecule has 0 aromatic heterocycles. The van der Waals surface area contributed by atoms with Gasteiger partial charge in [-0.25, -0.2) is 4.79 Å². The van der Waals surface area contributed by atoms with Gasteiger partial charge in [0.2, 0.25) is 11.8 Å². The predicted molar refractivity (Wildman–Crippen MR) is 107 cm³/mol. The standard InChI is InChI=1S/C21H31N3O4/c1-16-8-5-6-9-17(16)14-18(25)23-10-7-11-24(13-12-23)19(26)15-22-20(27)28-21(2,3)4/h5-6,8-9H,7,10-15H2,1-4H3,(H,22,27). The van der Waals surface area contributed by atoms with E-state index < -0.39 is 11.7 Å². The number of carbonyl (C=O) groups excluding carboxylic acids is 3. The van der Waals surface area contributed by atoms with Crippen molar-refractivity contribution in [3.05, 3.63) is 35.4 Å². The molecule has 1 heterocycles. The van der Waals surface area contributed by atoms with Crippen LogP contribution >= 0.6 is 0 Å². The fraction of sp³-hybridized carbons (Fsp3) is 0.571. The summed E-state index contributed by atoms with van der Waals surface area (Å²) in [4.78, 5) is 40.2. The molecule has 154 valence electrons. The average molecular weight is 389 g/mol. The molecule has 1 N–H and O–H groups in total. The molecule has 2 rings (SSSR count). The predicted octanol–water partition coefficient (Wildman–Crippen LogP) is 2.12. The first-order valence-corrected chi connectivity index (χ1v) is 9.72. The Hall–Kier alpha value is -2.57. The van der Waals surface area contributed by atoms with E-state index in [9.17, 15) is 14.4 Å². The number of nitrogens with zero attached hydrogens (tertiary/aromatic N) is 2. The van der Waals surface area contributed by atoms with E-state index in [4.69, 9.17) is 4.74 Å². The zero-order valence-electron chi connectivity index (χ0n) is 17.3. The van der Waals surface area contributed by atoms with Gasteiger partial charge in [0.05, 0.1) is 6.42 Å². The molecule has 0 atom stereocenters. The highest BCUT2D eigenvalue weighted by Crippen LogP contribution is 2.11. The summed E-state index contributed by atoms with van der Waals surface area (Å²) in [5.41, 5.74) is 1.54. The molecule has 7 nitrogen and oxygen atoms in total. The highest BCUT2D eigenvalue weighted by atomic mass is 16.6. The maximum Gasteiger partial charge on any atom is 0.408 e. The summed E-state index contributed by atoms with van der Waals surface area (Å²) in [6.45, 7) is 9.38. The largest absolute Gasteiger partial charge is 0.444 e. The van der Waals surface area contributed by atoms with Crippen LogP contribution in [-0.2, 0) is 20.7 Å². The first kappa shape index (κ1) is 21.7. The minimum Gasteiger partial charge on any atom is -0.444 e. The molecule has 1 aromatic carbocycles. The van der Waals surface area contributed by atoms with Crippen molar-refractivity contribution in [2.24, 2.45) is 0 Å². The van der Waals surface area contributed by atoms with Crippen molar-refractivity contribution in [3.63, 3.8) is 0 Å². The van der Waals surface area contributed by atoms with E-state index in [1.807, 2.05) is 36.1 Å². The van der Waals surface area contributed by atoms with Crippen molar-refractivity contribution in [2.75, 3.05) is 32.7 Å². The van der Waals surface area contributed by atoms with Crippen molar-refractivity contribution in [1.29, 1.82) is 0 Å². The minimum absolute atomic E-state index is 0.0791. The summed E-state index contributed by atoms with van der Waals surface area (Å²) in [6.07, 6.45) is 0.490. The summed E-state index contributed by atoms with van der Waals surface area (Å²) >= 11 is 0. The van der Waals surface area contributed by atoms with Gasteiger partial charge in [0, 0.05) is 26.2 Å². The Kier molecular flexibility index (Phi) is 7.43. The highest BCUT2D eigenvalue weighted by molar-refractivity contribution is 5.83. The molecule has 28 heavy (non-hydrogen) atoms. The number of nitrogens with one attached hydrogen (secondary N) is 1. The Morgan fingerprint density at radius 3 is 2.21 bits per heavy atom. The first-order valence-electron chi connectivity index (χ1n) is 9.72. The molecule has 0 saturated carbocycles. The third kappa shape index (κ3) is 6.87. The van der Waals surface area contributed by atoms with Crippen molar-refractivity contribution >= 4 is 17.9 Å². The summed E-state index contributed by atoms with van der Waals surface area (Å²) < 4.78 is 5.14. The Morgan fingerprint density at radius 2 is 1.61 bits per heavy atom. The van der Waals surface area contributed by atoms with Crippen LogP contribution in [0, 0.1) is 6.92 Å². The van der Waals surface area contributed by atoms with Crippen molar-refractivity contribution in [2.45, 2.75) is 46.1 Å². The maximum atomic E-state index is 12.6. The maximum absolute atomic E-state index is 12.6. The number of rotatable bonds is 4. The molecule has 1 aliphatic rings. The van der Waals surface area contributed by atoms with Gasteiger partial charge in [0.15, 0.2) is 0 Å². The van der Waals surface area contributed by atoms with E-state index in [1.54, 1.807) is 25.7 Å². The van der Waals surface area contributed by atoms with Crippen LogP contribution in [0.1, 0.15) is 38.3 Å². The van der Waals surface area contributed by atoms with Gasteiger partial charge in [0.1, 0.15) is 12.1 Å². The molecule has 1 saturated heterocycles. The lowest BCUT2D eigenvalue weighted by Gasteiger charge is -2.23. The summed E-state index contributed by atoms with van der Waals surface area (Å²) in [5, 5.41) is 2.50. The second kappa shape index (κ2) is 9.57. The summed E-state index contributed by atoms with van der Waals surface area (Å²) in [6, 6.07) is 7.88. The lowest BCUT2D eigenvalue weighted by molar-refractivity contribution is -0.132. The Morgan fingerprint density at radius 1 is 1.00 bits per heavy atom. The van der Waals surface area contributed by atoms with Gasteiger partial charge in [-0.05, 0) is 45.2 Å². The van der Waals surface area contributed by atoms with Gasteiger partial charge in [-0.15, -0.1) is 0 Å². The molecule has 7 heteroatoms. The topological polar surface area (TPSA) is 79.0 Å². The van der Waals surface area contributed by atoms with E-state index in [0.29, 0.717) is 32.6 Å². The number of benzene rings is 1. The third-order valence-corrected chi connectivity index (χ3v) is 4.59. The fourth-order valence-corrected chi connectivity index (χ4v) is 3.07. The van der Waals surface area contributed by atoms with Crippen LogP contribution in [0.4, 0.5) is 4.79 Å². The van der Waals surface area contributed by atoms with Crippen LogP contribution in [0.3, 0.4) is 0 Å². The molecule has 0 bridgehead atoms. The SMILES string of the molecule is Cc1ccccc1CC(=O)N1CCCN(C(=O)CNC(=O)OC(C)(C)C)CC1. The molecule has 3 amide bonds. The van der Waals surface area contributed by atoms with Crippen LogP contribution in [0.2, 0.25) is 0 Å². The molecule has 0 radical (unpaired) electrons. The van der Waals surface area contributed by atoms with Crippen molar-refractivity contribution in [1.82, 2.24) is 15.1 Å². The minimum atomic E-state index is -0.606. The number of aryl methyl sites for hydroxylation is 1. The lowest BCUT2D eigenvalue weighted by Crippen LogP contribution is -2.43. The molecule has 0 spiro atoms. The number of ether oxygens (including phenoxy) is 1. The van der Waals surface area contributed by atoms with E-state index in [1.165, 1.54) is 0 Å². The van der Waals surface area contributed by atoms with Gasteiger partial charge in [-0.3, -0.25) is 9.59 Å². The van der Waals surface area contributed by atoms with Crippen LogP contribution in [0.25, 0.3) is 0 Å². The second-order valence-corrected chi connectivity index (χ2v) is 8.07. The molecule has 0 unspecified atom stereocenters. The summed E-state index contributed by atoms with van der Waals surface area (Å²) in [7, 11) is 0. The van der Waals surface area contributed by atoms with E-state index in [-0.39, 0.29) is 18.4 Å². The van der Waals surface area contributed by atoms with Gasteiger partial charge in [0.25, 0.3) is 0 Å². The van der Waals surface area contributed by atoms with Gasteiger partial charge in [-0.1, -0.05) is 24.3 Å². The fourth-order valence-electron chi connectivity index (χ4n) is 3.07. The van der Waals surface area contributed by atoms with E-state index >= 15 is 0 Å². The monoisotopic (exact) mass is 389 g/mol. The van der Waals surface area contributed by atoms with Crippen LogP contribution in [-0.4, -0.2) is 66.0 Å². The smallest absolute Gasteiger partial charge is 0.408 e. The highest BCUT2D eigenvalue weighted by Gasteiger charge is 2.23. The zero-order valence-corrected chi connectivity index (χ0v) is 17.3. The number of carbonyl (C=O) groups is 3. The number of hydrogen-bond donors (Lipinski definition) is 1. The van der Waals surface area contributed by atoms with Gasteiger partial charge < -0.3 is 19.9 Å². The van der Waals surface area contributed by atoms with Gasteiger partial charge in [-0.2, -0.15) is 0 Å². The molecule has 1 aliphatic heterocycles. The molecule has 0 aliphatic carbocycles. The summed E-state index contributed by atoms with van der Waals surface area (Å²) in [5.74, 6) is -0.0884. The molecular formula is C21H31N3O4. The van der Waals surface area contributed by atoms with Gasteiger partial charge >= 0.3 is 6.09 Å². The Labute approximate surface area is 167 Å². The quantitative estimate of drug-likeness (QED) is 0.856. The molecule has 1 fully saturated rings. The first-order chi connectivity index (χ1) is 13.2. The zero-order chi connectivity index (χ0) is 20.7. The Balaban J connectivity index is 1.82. The average Bonchev–Trinajstić information content (AvgIpc) is 2.86. The lowest BCUT2D eigenvalue weighted by atomic mass is 10.1. The van der Waals surface area contributed by atoms with E-state index in [0.717, 1.165) is 17.5 Å². The second-order valence-electron chi connectivity index (χ2n) is 8.07. The van der Waals surface area contributed by atoms with E-state index in [2.05, 4.69) is 5.32 Å². The molecule has 1 aromatic rings. The normalized spacial score (nSPS) is 15.0. The number of amides is 3.